The number of nitrogens with zero attached hydrogens (tertiary/aromatic N) is 8. The minimum Gasteiger partial charge on any atom is -0.503 e. The van der Waals surface area contributed by atoms with Gasteiger partial charge in [0, 0.05) is 124 Å². The van der Waals surface area contributed by atoms with E-state index in [0.29, 0.717) is 101 Å². The molecule has 19 rings (SSSR count). The van der Waals surface area contributed by atoms with Crippen molar-refractivity contribution in [2.75, 3.05) is 33.0 Å². The first-order valence-corrected chi connectivity index (χ1v) is 48.9. The van der Waals surface area contributed by atoms with Gasteiger partial charge in [-0.15, -0.1) is 0 Å². The smallest absolute Gasteiger partial charge is 0.410 e. The fourth-order valence-corrected chi connectivity index (χ4v) is 21.7. The van der Waals surface area contributed by atoms with Crippen LogP contribution in [-0.4, -0.2) is 208 Å². The molecule has 8 bridgehead atoms. The molecule has 8 aromatic rings. The normalized spacial score (nSPS) is 23.3. The fraction of sp³-hybridized carbons (Fsp3) is 0.485. The van der Waals surface area contributed by atoms with Crippen molar-refractivity contribution in [3.63, 3.8) is 0 Å². The number of nitrogens with one attached hydrogen (secondary N) is 2. The van der Waals surface area contributed by atoms with Gasteiger partial charge < -0.3 is 87.6 Å². The number of amides is 6. The number of aromatic hydroxyl groups is 1. The van der Waals surface area contributed by atoms with Gasteiger partial charge in [0.1, 0.15) is 112 Å². The van der Waals surface area contributed by atoms with Gasteiger partial charge >= 0.3 is 24.0 Å². The minimum absolute atomic E-state index is 0.0203. The van der Waals surface area contributed by atoms with Crippen LogP contribution in [0, 0.1) is 76.0 Å². The van der Waals surface area contributed by atoms with Crippen LogP contribution < -0.4 is 52.3 Å². The number of benzene rings is 4. The molecule has 4 aromatic heterocycles. The van der Waals surface area contributed by atoms with Crippen LogP contribution in [0.15, 0.2) is 111 Å². The Kier molecular flexibility index (Phi) is 32.9. The van der Waals surface area contributed by atoms with Gasteiger partial charge in [-0.25, -0.2) is 76.3 Å². The second kappa shape index (κ2) is 44.9. The molecule has 4 aromatic carbocycles. The fourth-order valence-electron chi connectivity index (χ4n) is 21.7. The van der Waals surface area contributed by atoms with Gasteiger partial charge in [-0.1, -0.05) is 57.0 Å². The van der Waals surface area contributed by atoms with Gasteiger partial charge in [0.25, 0.3) is 29.5 Å². The maximum Gasteiger partial charge on any atom is 0.410 e. The number of fused-ring (bicyclic) bond motifs is 20. The largest absolute Gasteiger partial charge is 0.503 e. The lowest BCUT2D eigenvalue weighted by atomic mass is 9.95. The summed E-state index contributed by atoms with van der Waals surface area (Å²) in [5, 5.41) is 14.9. The predicted octanol–water partition coefficient (Wildman–Crippen LogP) is 13.4. The lowest BCUT2D eigenvalue weighted by Gasteiger charge is -2.41. The SMILES string of the molecule is CCCCOc1c2n(cc(C(=O)NCc3c(F)cc(F)cc3F)c1=O)C[C@H]1[C@@H]3C[C@@H](F)[C@@H](C3)N1C2=O.CCCCOc1c2n(cc(C(=O)OCC)c1=O)C[C@H]1[C@@H]3C[C@@H](F)[C@@H](C3)N1C2=O.CCOC(=O)c1cn(C[C@H]2[C@H]3CC([C@H](F)C3)N2C(=O)OC(C)(C)C)c(C(=O)OCC)c(OCc2ccccc2)c1=O.NCc1c(F)cc(F)cc1F.O=C(NCc1c(F)cc(F)cc1F)c1cn2c(c(O)c1=O)C(=O)N1[C@@H]3C[C@@H](C[C@H]3F)[C@@H]1C2. The summed E-state index contributed by atoms with van der Waals surface area (Å²) in [5.74, 6) is -17.7. The number of carbonyl (C=O) groups is 9. The molecule has 794 valence electrons. The van der Waals surface area contributed by atoms with Crippen LogP contribution in [0.25, 0.3) is 0 Å². The van der Waals surface area contributed by atoms with E-state index in [-0.39, 0.29) is 182 Å². The van der Waals surface area contributed by atoms with Crippen LogP contribution >= 0.6 is 0 Å². The van der Waals surface area contributed by atoms with E-state index in [4.69, 9.17) is 38.9 Å². The molecule has 148 heavy (non-hydrogen) atoms. The van der Waals surface area contributed by atoms with Crippen LogP contribution in [0.5, 0.6) is 23.0 Å². The Bertz CT molecular complexity index is 6690. The molecule has 11 heterocycles. The first-order valence-electron chi connectivity index (χ1n) is 48.9. The van der Waals surface area contributed by atoms with Gasteiger partial charge in [-0.2, -0.15) is 0 Å². The van der Waals surface area contributed by atoms with Crippen LogP contribution in [0.1, 0.15) is 238 Å². The highest BCUT2D eigenvalue weighted by atomic mass is 19.2. The third kappa shape index (κ3) is 21.7. The second-order valence-corrected chi connectivity index (χ2v) is 38.8. The summed E-state index contributed by atoms with van der Waals surface area (Å²) in [5.41, 5.74) is -1.76. The molecule has 32 nitrogen and oxygen atoms in total. The number of pyridine rings is 4. The molecule has 4 saturated carbocycles. The molecule has 0 radical (unpaired) electrons. The topological polar surface area (TPSA) is 390 Å². The number of hydrogen-bond donors (Lipinski definition) is 4. The minimum atomic E-state index is -1.21. The first-order chi connectivity index (χ1) is 70.4. The number of rotatable bonds is 26. The highest BCUT2D eigenvalue weighted by Crippen LogP contribution is 2.52. The first kappa shape index (κ1) is 108. The van der Waals surface area contributed by atoms with Crippen molar-refractivity contribution < 1.29 is 138 Å². The van der Waals surface area contributed by atoms with E-state index in [9.17, 15) is 125 Å². The van der Waals surface area contributed by atoms with E-state index in [1.165, 1.54) is 47.0 Å². The Morgan fingerprint density at radius 3 is 1.22 bits per heavy atom. The third-order valence-corrected chi connectivity index (χ3v) is 28.5. The summed E-state index contributed by atoms with van der Waals surface area (Å²) < 4.78 is 221. The van der Waals surface area contributed by atoms with Crippen molar-refractivity contribution in [3.8, 4) is 23.0 Å². The van der Waals surface area contributed by atoms with Crippen molar-refractivity contribution in [3.05, 3.63) is 252 Å². The van der Waals surface area contributed by atoms with Crippen molar-refractivity contribution in [2.24, 2.45) is 29.4 Å². The maximum atomic E-state index is 14.9. The monoisotopic (exact) mass is 2080 g/mol. The number of nitrogens with two attached hydrogens (primary N) is 1. The summed E-state index contributed by atoms with van der Waals surface area (Å²) in [6.45, 7) is 13.8. The lowest BCUT2D eigenvalue weighted by molar-refractivity contribution is -0.00705. The molecule has 0 spiro atoms. The average molecular weight is 2090 g/mol. The molecule has 4 saturated heterocycles. The Hall–Kier alpha value is -14.0. The number of piperidine rings is 4. The van der Waals surface area contributed by atoms with E-state index in [1.54, 1.807) is 75.3 Å². The molecule has 45 heteroatoms. The van der Waals surface area contributed by atoms with E-state index in [1.807, 2.05) is 19.9 Å². The summed E-state index contributed by atoms with van der Waals surface area (Å²) in [4.78, 5) is 175. The number of likely N-dealkylation sites (tertiary alicyclic amines) is 1. The standard InChI is InChI=1S/C30H37FN2O8.C25H25F4N3O4.C21H17F4N3O4.C20H25FN2O5.C7H6F3N/c1-6-38-27(35)20-15-32(16-23-19-13-21(31)22(14-19)33(23)29(37)41-30(3,4)5)24(28(36)39-7-2)26(25(20)34)40-17-18-11-9-8-10-12-18;1-2-3-4-36-23-21-25(35)32-19-6-12(5-18(19)29)20(32)11-31(21)10-15(22(23)33)24(34)30-9-14-16(27)7-13(26)8-17(14)28;22-9-3-12(23)10(13(24)4-9)5-26-20(31)11-6-27-7-16-8-1-14(25)15(2-8)28(16)21(32)17(27)19(30)18(11)29;1-3-5-6-28-18-16-19(25)23-14-8-11(7-13(14)21)15(23)10-22(16)9-12(17(18)24)20(26)27-4-2;8-4-1-6(9)5(3-11)7(10)2-4/h8-12,15,19,21-23H,6-7,13-14,16-17H2,1-5H3;7-8,10,12,18-20H,2-6,9,11H2,1H3,(H,30,34);3-4,6,8,14-16,30H,1-2,5,7H2,(H,26,31);9,11,13-15H,3-8,10H2,1-2H3;1-2H,3,11H2/t19-,21-,22?,23+;12-,18-,19-,20+;8-,14-,15-,16+;11-,13-,14-,15+;/m1111./s1. The number of carbonyl (C=O) groups excluding carboxylic acids is 9. The Morgan fingerprint density at radius 2 is 0.797 bits per heavy atom. The van der Waals surface area contributed by atoms with E-state index in [0.717, 1.165) is 24.6 Å². The Labute approximate surface area is 837 Å². The molecule has 11 aliphatic rings. The van der Waals surface area contributed by atoms with Gasteiger partial charge in [0.2, 0.25) is 21.7 Å². The van der Waals surface area contributed by atoms with Crippen molar-refractivity contribution in [1.82, 2.24) is 48.5 Å². The van der Waals surface area contributed by atoms with Crippen molar-refractivity contribution >= 4 is 53.5 Å². The summed E-state index contributed by atoms with van der Waals surface area (Å²) in [6.07, 6.45) is 6.24. The van der Waals surface area contributed by atoms with E-state index < -0.39 is 218 Å². The van der Waals surface area contributed by atoms with Crippen LogP contribution in [0.2, 0.25) is 0 Å². The Balaban J connectivity index is 0.000000144. The molecule has 8 fully saturated rings. The summed E-state index contributed by atoms with van der Waals surface area (Å²) >= 11 is 0. The van der Waals surface area contributed by atoms with Gasteiger partial charge in [-0.05, 0) is 135 Å². The average Bonchev–Trinajstić information content (AvgIpc) is 1.53. The molecule has 1 unspecified atom stereocenters. The van der Waals surface area contributed by atoms with Crippen LogP contribution in [-0.2, 0) is 71.4 Å². The lowest BCUT2D eigenvalue weighted by Crippen LogP contribution is -2.55. The zero-order valence-corrected chi connectivity index (χ0v) is 81.8. The van der Waals surface area contributed by atoms with Gasteiger partial charge in [-0.3, -0.25) is 48.1 Å². The van der Waals surface area contributed by atoms with Crippen molar-refractivity contribution in [2.45, 2.75) is 263 Å². The van der Waals surface area contributed by atoms with Crippen molar-refractivity contribution in [1.29, 1.82) is 0 Å². The summed E-state index contributed by atoms with van der Waals surface area (Å²) in [7, 11) is 0. The third-order valence-electron chi connectivity index (χ3n) is 28.5. The van der Waals surface area contributed by atoms with Crippen LogP contribution in [0.3, 0.4) is 0 Å². The number of aromatic nitrogens is 4. The van der Waals surface area contributed by atoms with E-state index in [2.05, 4.69) is 10.6 Å². The zero-order chi connectivity index (χ0) is 107. The summed E-state index contributed by atoms with van der Waals surface area (Å²) in [6, 6.07) is 8.62. The van der Waals surface area contributed by atoms with E-state index >= 15 is 0 Å². The molecule has 16 atom stereocenters. The second-order valence-electron chi connectivity index (χ2n) is 38.8. The Morgan fingerprint density at radius 1 is 0.432 bits per heavy atom. The van der Waals surface area contributed by atoms with Crippen LogP contribution in [0.4, 0.5) is 61.9 Å². The number of hydrogen-bond acceptors (Lipinski definition) is 22. The highest BCUT2D eigenvalue weighted by molar-refractivity contribution is 6.02. The molecular formula is C103H110F13N11O21. The van der Waals surface area contributed by atoms with Gasteiger partial charge in [0.05, 0.1) is 81.4 Å². The van der Waals surface area contributed by atoms with Gasteiger partial charge in [0.15, 0.2) is 45.8 Å². The molecule has 4 aliphatic carbocycles. The molecular weight excluding hydrogens is 1970 g/mol. The number of unbranched alkanes of at least 4 members (excludes halogenated alkanes) is 2. The highest BCUT2D eigenvalue weighted by Gasteiger charge is 2.61. The molecule has 5 N–H and O–H groups in total. The number of ether oxygens (including phenoxy) is 7. The number of alkyl halides is 4. The predicted molar refractivity (Wildman–Crippen MR) is 500 cm³/mol. The number of esters is 3. The zero-order valence-electron chi connectivity index (χ0n) is 81.8. The molecule has 7 aliphatic heterocycles. The molecule has 6 amide bonds. The number of halogens is 13. The maximum absolute atomic E-state index is 14.9. The quantitative estimate of drug-likeness (QED) is 0.0169.